The standard InChI is InChI=1S/C16H7F17N2O4/c1-39-7-4-5(35(37)38)2-3-6(7)34-8(36)9(17,18)10(19,20)11(21,22)12(23,24)13(25,26)14(27,28)15(29,30)16(31,32)33/h2-4H,1H3,(H,34,36). The molecule has 0 bridgehead atoms. The molecule has 0 saturated heterocycles. The van der Waals surface area contributed by atoms with Crippen LogP contribution in [0.1, 0.15) is 0 Å². The first-order valence-corrected chi connectivity index (χ1v) is 8.86. The first-order chi connectivity index (χ1) is 17.0. The van der Waals surface area contributed by atoms with Crippen LogP contribution in [-0.2, 0) is 4.79 Å². The van der Waals surface area contributed by atoms with Gasteiger partial charge in [-0.15, -0.1) is 0 Å². The van der Waals surface area contributed by atoms with E-state index in [1.807, 2.05) is 0 Å². The molecule has 1 aromatic rings. The van der Waals surface area contributed by atoms with Crippen LogP contribution in [0.2, 0.25) is 0 Å². The van der Waals surface area contributed by atoms with E-state index < -0.39 is 75.6 Å². The van der Waals surface area contributed by atoms with Crippen molar-refractivity contribution >= 4 is 17.3 Å². The van der Waals surface area contributed by atoms with Crippen LogP contribution in [0.4, 0.5) is 86.0 Å². The topological polar surface area (TPSA) is 81.5 Å². The van der Waals surface area contributed by atoms with Crippen LogP contribution in [0, 0.1) is 10.1 Å². The van der Waals surface area contributed by atoms with E-state index in [9.17, 15) is 89.5 Å². The van der Waals surface area contributed by atoms with Crippen molar-refractivity contribution in [3.8, 4) is 5.75 Å². The average Bonchev–Trinajstić information content (AvgIpc) is 2.77. The number of carbonyl (C=O) groups excluding carboxylic acids is 1. The van der Waals surface area contributed by atoms with E-state index in [1.54, 1.807) is 0 Å². The minimum absolute atomic E-state index is 0.212. The molecule has 0 unspecified atom stereocenters. The monoisotopic (exact) mass is 614 g/mol. The number of rotatable bonds is 10. The molecule has 0 spiro atoms. The number of methoxy groups -OCH3 is 1. The van der Waals surface area contributed by atoms with Crippen molar-refractivity contribution < 1.29 is 89.1 Å². The average molecular weight is 614 g/mol. The van der Waals surface area contributed by atoms with Gasteiger partial charge in [-0.3, -0.25) is 14.9 Å². The molecule has 0 atom stereocenters. The van der Waals surface area contributed by atoms with E-state index in [2.05, 4.69) is 4.74 Å². The summed E-state index contributed by atoms with van der Waals surface area (Å²) in [6.07, 6.45) is -7.89. The molecule has 6 nitrogen and oxygen atoms in total. The fraction of sp³-hybridized carbons (Fsp3) is 0.562. The van der Waals surface area contributed by atoms with E-state index in [0.717, 1.165) is 0 Å². The Kier molecular flexibility index (Phi) is 8.14. The van der Waals surface area contributed by atoms with E-state index in [-0.39, 0.29) is 12.1 Å². The number of halogens is 17. The van der Waals surface area contributed by atoms with Crippen molar-refractivity contribution in [3.63, 3.8) is 0 Å². The second-order valence-corrected chi connectivity index (χ2v) is 7.11. The number of hydrogen-bond acceptors (Lipinski definition) is 4. The second-order valence-electron chi connectivity index (χ2n) is 7.11. The predicted molar refractivity (Wildman–Crippen MR) is 89.0 cm³/mol. The van der Waals surface area contributed by atoms with Crippen molar-refractivity contribution in [1.29, 1.82) is 0 Å². The summed E-state index contributed by atoms with van der Waals surface area (Å²) in [4.78, 5) is 21.0. The Morgan fingerprint density at radius 1 is 0.718 bits per heavy atom. The van der Waals surface area contributed by atoms with Gasteiger partial charge < -0.3 is 10.1 Å². The first kappa shape index (κ1) is 33.7. The first-order valence-electron chi connectivity index (χ1n) is 8.86. The molecule has 23 heteroatoms. The third kappa shape index (κ3) is 4.72. The number of ether oxygens (including phenoxy) is 1. The van der Waals surface area contributed by atoms with Gasteiger partial charge in [-0.05, 0) is 6.07 Å². The van der Waals surface area contributed by atoms with Gasteiger partial charge in [0.05, 0.1) is 23.8 Å². The van der Waals surface area contributed by atoms with E-state index in [1.165, 1.54) is 0 Å². The Morgan fingerprint density at radius 3 is 1.46 bits per heavy atom. The van der Waals surface area contributed by atoms with Gasteiger partial charge in [0.15, 0.2) is 0 Å². The molecule has 0 aliphatic heterocycles. The molecule has 39 heavy (non-hydrogen) atoms. The molecule has 1 N–H and O–H groups in total. The van der Waals surface area contributed by atoms with Gasteiger partial charge in [0.2, 0.25) is 0 Å². The van der Waals surface area contributed by atoms with Gasteiger partial charge in [-0.25, -0.2) is 0 Å². The highest BCUT2D eigenvalue weighted by Gasteiger charge is 2.95. The van der Waals surface area contributed by atoms with Crippen LogP contribution in [-0.4, -0.2) is 65.6 Å². The summed E-state index contributed by atoms with van der Waals surface area (Å²) in [6, 6.07) is 0.836. The summed E-state index contributed by atoms with van der Waals surface area (Å²) in [5.74, 6) is -63.8. The number of carbonyl (C=O) groups is 1. The lowest BCUT2D eigenvalue weighted by molar-refractivity contribution is -0.459. The van der Waals surface area contributed by atoms with E-state index in [4.69, 9.17) is 0 Å². The lowest BCUT2D eigenvalue weighted by Crippen LogP contribution is -2.75. The number of amides is 1. The van der Waals surface area contributed by atoms with Gasteiger partial charge in [0.1, 0.15) is 5.75 Å². The predicted octanol–water partition coefficient (Wildman–Crippen LogP) is 6.55. The van der Waals surface area contributed by atoms with Gasteiger partial charge in [0, 0.05) is 6.07 Å². The third-order valence-electron chi connectivity index (χ3n) is 4.65. The number of nitrogens with one attached hydrogen (secondary N) is 1. The Labute approximate surface area is 201 Å². The summed E-state index contributed by atoms with van der Waals surface area (Å²) >= 11 is 0. The Balaban J connectivity index is 3.61. The van der Waals surface area contributed by atoms with Crippen LogP contribution in [0.15, 0.2) is 18.2 Å². The van der Waals surface area contributed by atoms with Crippen molar-refractivity contribution in [1.82, 2.24) is 0 Å². The maximum Gasteiger partial charge on any atom is 0.460 e. The summed E-state index contributed by atoms with van der Waals surface area (Å²) in [7, 11) is 0.592. The summed E-state index contributed by atoms with van der Waals surface area (Å²) in [5.41, 5.74) is -2.26. The molecule has 0 aromatic heterocycles. The molecule has 0 aliphatic rings. The summed E-state index contributed by atoms with van der Waals surface area (Å²) < 4.78 is 230. The number of anilines is 1. The highest BCUT2D eigenvalue weighted by Crippen LogP contribution is 2.64. The highest BCUT2D eigenvalue weighted by molar-refractivity contribution is 5.98. The molecule has 0 fully saturated rings. The van der Waals surface area contributed by atoms with Crippen LogP contribution in [0.25, 0.3) is 0 Å². The molecular weight excluding hydrogens is 607 g/mol. The fourth-order valence-corrected chi connectivity index (χ4v) is 2.40. The van der Waals surface area contributed by atoms with Crippen LogP contribution < -0.4 is 10.1 Å². The van der Waals surface area contributed by atoms with Crippen molar-refractivity contribution in [2.45, 2.75) is 47.6 Å². The second kappa shape index (κ2) is 9.41. The fourth-order valence-electron chi connectivity index (χ4n) is 2.40. The number of nitrogens with zero attached hydrogens (tertiary/aromatic N) is 1. The Hall–Kier alpha value is -3.30. The molecule has 0 radical (unpaired) electrons. The van der Waals surface area contributed by atoms with Crippen molar-refractivity contribution in [3.05, 3.63) is 28.3 Å². The maximum absolute atomic E-state index is 14.0. The van der Waals surface area contributed by atoms with Gasteiger partial charge >= 0.3 is 53.5 Å². The third-order valence-corrected chi connectivity index (χ3v) is 4.65. The lowest BCUT2D eigenvalue weighted by Gasteiger charge is -2.42. The molecule has 0 aliphatic carbocycles. The number of non-ortho nitro benzene ring substituents is 1. The van der Waals surface area contributed by atoms with Crippen molar-refractivity contribution in [2.75, 3.05) is 12.4 Å². The number of alkyl halides is 17. The number of hydrogen-bond donors (Lipinski definition) is 1. The minimum Gasteiger partial charge on any atom is -0.494 e. The molecule has 0 heterocycles. The minimum atomic E-state index is -8.84. The zero-order valence-electron chi connectivity index (χ0n) is 17.7. The van der Waals surface area contributed by atoms with Crippen molar-refractivity contribution in [2.24, 2.45) is 0 Å². The SMILES string of the molecule is COc1cc([N+](=O)[O-])ccc1NC(=O)C(F)(F)C(F)(F)C(F)(F)C(F)(F)C(F)(F)C(F)(F)C(F)(F)C(F)(F)F. The van der Waals surface area contributed by atoms with E-state index in [0.29, 0.717) is 18.5 Å². The molecule has 1 rings (SSSR count). The molecule has 224 valence electrons. The molecule has 0 saturated carbocycles. The smallest absolute Gasteiger partial charge is 0.460 e. The lowest BCUT2D eigenvalue weighted by atomic mass is 9.89. The zero-order valence-corrected chi connectivity index (χ0v) is 17.7. The van der Waals surface area contributed by atoms with Gasteiger partial charge in [0.25, 0.3) is 5.69 Å². The Bertz CT molecular complexity index is 1120. The quantitative estimate of drug-likeness (QED) is 0.184. The zero-order chi connectivity index (χ0) is 31.4. The maximum atomic E-state index is 14.0. The number of benzene rings is 1. The van der Waals surface area contributed by atoms with Crippen LogP contribution >= 0.6 is 0 Å². The van der Waals surface area contributed by atoms with Crippen LogP contribution in [0.3, 0.4) is 0 Å². The summed E-state index contributed by atoms with van der Waals surface area (Å²) in [6.45, 7) is 0. The Morgan fingerprint density at radius 2 is 1.10 bits per heavy atom. The van der Waals surface area contributed by atoms with Crippen LogP contribution in [0.5, 0.6) is 5.75 Å². The van der Waals surface area contributed by atoms with Gasteiger partial charge in [-0.2, -0.15) is 74.6 Å². The summed E-state index contributed by atoms with van der Waals surface area (Å²) in [5, 5.41) is 11.2. The number of nitro groups is 1. The molecule has 1 amide bonds. The number of nitro benzene ring substituents is 1. The van der Waals surface area contributed by atoms with Gasteiger partial charge in [-0.1, -0.05) is 0 Å². The largest absolute Gasteiger partial charge is 0.494 e. The molecule has 1 aromatic carbocycles. The molecular formula is C16H7F17N2O4. The van der Waals surface area contributed by atoms with E-state index >= 15 is 0 Å². The highest BCUT2D eigenvalue weighted by atomic mass is 19.4. The normalized spacial score (nSPS) is 14.7.